The van der Waals surface area contributed by atoms with E-state index in [0.29, 0.717) is 0 Å². The van der Waals surface area contributed by atoms with Gasteiger partial charge in [-0.1, -0.05) is 20.3 Å². The lowest BCUT2D eigenvalue weighted by Gasteiger charge is -2.19. The zero-order valence-corrected chi connectivity index (χ0v) is 10.5. The molecular formula is C13H23N3. The van der Waals surface area contributed by atoms with E-state index in [9.17, 15) is 0 Å². The summed E-state index contributed by atoms with van der Waals surface area (Å²) in [5.41, 5.74) is 2.71. The van der Waals surface area contributed by atoms with Crippen LogP contribution in [-0.2, 0) is 19.4 Å². The van der Waals surface area contributed by atoms with Gasteiger partial charge in [0.15, 0.2) is 0 Å². The monoisotopic (exact) mass is 221 g/mol. The Morgan fingerprint density at radius 3 is 3.06 bits per heavy atom. The van der Waals surface area contributed by atoms with Crippen molar-refractivity contribution in [2.24, 2.45) is 5.92 Å². The van der Waals surface area contributed by atoms with E-state index in [1.807, 2.05) is 0 Å². The normalized spacial score (nSPS) is 19.8. The molecule has 3 heteroatoms. The highest BCUT2D eigenvalue weighted by Gasteiger charge is 2.20. The number of aromatic amines is 1. The topological polar surface area (TPSA) is 40.7 Å². The highest BCUT2D eigenvalue weighted by atomic mass is 15.0. The second-order valence-corrected chi connectivity index (χ2v) is 4.80. The van der Waals surface area contributed by atoms with Crippen molar-refractivity contribution >= 4 is 0 Å². The molecule has 0 fully saturated rings. The van der Waals surface area contributed by atoms with Crippen molar-refractivity contribution in [3.63, 3.8) is 0 Å². The van der Waals surface area contributed by atoms with Gasteiger partial charge in [0, 0.05) is 5.69 Å². The molecule has 1 aliphatic carbocycles. The van der Waals surface area contributed by atoms with Crippen LogP contribution >= 0.6 is 0 Å². The molecule has 0 aliphatic heterocycles. The SMILES string of the molecule is CCCNCc1nc2c([nH]1)CC(CC)CC2. The predicted octanol–water partition coefficient (Wildman–Crippen LogP) is 2.42. The Labute approximate surface area is 98.1 Å². The number of aromatic nitrogens is 2. The van der Waals surface area contributed by atoms with Gasteiger partial charge in [0.05, 0.1) is 12.2 Å². The van der Waals surface area contributed by atoms with E-state index >= 15 is 0 Å². The standard InChI is InChI=1S/C13H23N3/c1-3-7-14-9-13-15-11-6-5-10(4-2)8-12(11)16-13/h10,14H,3-9H2,1-2H3,(H,15,16). The first-order valence-corrected chi connectivity index (χ1v) is 6.60. The molecule has 1 aromatic heterocycles. The van der Waals surface area contributed by atoms with E-state index in [1.165, 1.54) is 37.1 Å². The molecule has 1 unspecified atom stereocenters. The maximum atomic E-state index is 4.67. The van der Waals surface area contributed by atoms with Crippen LogP contribution in [0.2, 0.25) is 0 Å². The summed E-state index contributed by atoms with van der Waals surface area (Å²) in [6, 6.07) is 0. The van der Waals surface area contributed by atoms with Crippen molar-refractivity contribution in [1.29, 1.82) is 0 Å². The van der Waals surface area contributed by atoms with Gasteiger partial charge >= 0.3 is 0 Å². The van der Waals surface area contributed by atoms with Crippen LogP contribution in [-0.4, -0.2) is 16.5 Å². The molecule has 1 heterocycles. The lowest BCUT2D eigenvalue weighted by atomic mass is 9.88. The van der Waals surface area contributed by atoms with Gasteiger partial charge in [0.25, 0.3) is 0 Å². The molecule has 1 atom stereocenters. The highest BCUT2D eigenvalue weighted by molar-refractivity contribution is 5.18. The maximum Gasteiger partial charge on any atom is 0.120 e. The summed E-state index contributed by atoms with van der Waals surface area (Å²) in [4.78, 5) is 8.16. The number of hydrogen-bond donors (Lipinski definition) is 2. The first-order valence-electron chi connectivity index (χ1n) is 6.60. The second-order valence-electron chi connectivity index (χ2n) is 4.80. The minimum Gasteiger partial charge on any atom is -0.345 e. The fraction of sp³-hybridized carbons (Fsp3) is 0.769. The molecule has 90 valence electrons. The number of rotatable bonds is 5. The molecular weight excluding hydrogens is 198 g/mol. The lowest BCUT2D eigenvalue weighted by Crippen LogP contribution is -2.14. The molecule has 2 N–H and O–H groups in total. The van der Waals surface area contributed by atoms with Gasteiger partial charge in [-0.3, -0.25) is 0 Å². The van der Waals surface area contributed by atoms with Crippen LogP contribution in [0.4, 0.5) is 0 Å². The number of aryl methyl sites for hydroxylation is 1. The number of fused-ring (bicyclic) bond motifs is 1. The van der Waals surface area contributed by atoms with Crippen molar-refractivity contribution in [2.75, 3.05) is 6.54 Å². The van der Waals surface area contributed by atoms with Crippen LogP contribution in [0.25, 0.3) is 0 Å². The Morgan fingerprint density at radius 1 is 1.44 bits per heavy atom. The molecule has 0 aromatic carbocycles. The van der Waals surface area contributed by atoms with Crippen LogP contribution in [0.15, 0.2) is 0 Å². The van der Waals surface area contributed by atoms with Crippen LogP contribution in [0, 0.1) is 5.92 Å². The predicted molar refractivity (Wildman–Crippen MR) is 66.4 cm³/mol. The Balaban J connectivity index is 1.95. The van der Waals surface area contributed by atoms with Crippen molar-refractivity contribution in [3.05, 3.63) is 17.2 Å². The fourth-order valence-electron chi connectivity index (χ4n) is 2.43. The molecule has 2 rings (SSSR count). The van der Waals surface area contributed by atoms with Gasteiger partial charge in [-0.25, -0.2) is 4.98 Å². The molecule has 3 nitrogen and oxygen atoms in total. The minimum absolute atomic E-state index is 0.865. The van der Waals surface area contributed by atoms with E-state index < -0.39 is 0 Å². The van der Waals surface area contributed by atoms with E-state index in [1.54, 1.807) is 0 Å². The zero-order chi connectivity index (χ0) is 11.4. The van der Waals surface area contributed by atoms with Gasteiger partial charge in [-0.15, -0.1) is 0 Å². The molecule has 0 amide bonds. The Bertz CT molecular complexity index is 330. The summed E-state index contributed by atoms with van der Waals surface area (Å²) in [5, 5.41) is 3.39. The Hall–Kier alpha value is -0.830. The number of H-pyrrole nitrogens is 1. The average Bonchev–Trinajstić information content (AvgIpc) is 2.70. The van der Waals surface area contributed by atoms with Gasteiger partial charge in [0.1, 0.15) is 5.82 Å². The van der Waals surface area contributed by atoms with Gasteiger partial charge in [-0.2, -0.15) is 0 Å². The quantitative estimate of drug-likeness (QED) is 0.750. The van der Waals surface area contributed by atoms with Crippen LogP contribution < -0.4 is 5.32 Å². The highest BCUT2D eigenvalue weighted by Crippen LogP contribution is 2.25. The molecule has 0 saturated heterocycles. The lowest BCUT2D eigenvalue weighted by molar-refractivity contribution is 0.438. The first-order chi connectivity index (χ1) is 7.83. The number of nitrogens with zero attached hydrogens (tertiary/aromatic N) is 1. The van der Waals surface area contributed by atoms with Crippen molar-refractivity contribution in [3.8, 4) is 0 Å². The van der Waals surface area contributed by atoms with Gasteiger partial charge in [0.2, 0.25) is 0 Å². The summed E-state index contributed by atoms with van der Waals surface area (Å²) in [7, 11) is 0. The maximum absolute atomic E-state index is 4.67. The Morgan fingerprint density at radius 2 is 2.31 bits per heavy atom. The van der Waals surface area contributed by atoms with Crippen molar-refractivity contribution < 1.29 is 0 Å². The number of imidazole rings is 1. The first kappa shape index (κ1) is 11.6. The van der Waals surface area contributed by atoms with E-state index in [0.717, 1.165) is 31.3 Å². The van der Waals surface area contributed by atoms with Crippen LogP contribution in [0.3, 0.4) is 0 Å². The van der Waals surface area contributed by atoms with Crippen molar-refractivity contribution in [2.45, 2.75) is 52.5 Å². The molecule has 0 spiro atoms. The van der Waals surface area contributed by atoms with Gasteiger partial charge < -0.3 is 10.3 Å². The largest absolute Gasteiger partial charge is 0.345 e. The van der Waals surface area contributed by atoms with E-state index in [4.69, 9.17) is 0 Å². The molecule has 0 radical (unpaired) electrons. The van der Waals surface area contributed by atoms with E-state index in [-0.39, 0.29) is 0 Å². The van der Waals surface area contributed by atoms with Gasteiger partial charge in [-0.05, 0) is 38.1 Å². The van der Waals surface area contributed by atoms with E-state index in [2.05, 4.69) is 29.1 Å². The minimum atomic E-state index is 0.865. The third-order valence-corrected chi connectivity index (χ3v) is 3.49. The zero-order valence-electron chi connectivity index (χ0n) is 10.5. The molecule has 1 aromatic rings. The van der Waals surface area contributed by atoms with Crippen molar-refractivity contribution in [1.82, 2.24) is 15.3 Å². The van der Waals surface area contributed by atoms with Crippen LogP contribution in [0.1, 0.15) is 50.3 Å². The summed E-state index contributed by atoms with van der Waals surface area (Å²) in [6.07, 6.45) is 6.15. The van der Waals surface area contributed by atoms with Crippen LogP contribution in [0.5, 0.6) is 0 Å². The number of nitrogens with one attached hydrogen (secondary N) is 2. The smallest absolute Gasteiger partial charge is 0.120 e. The average molecular weight is 221 g/mol. The second kappa shape index (κ2) is 5.48. The summed E-state index contributed by atoms with van der Waals surface area (Å²) < 4.78 is 0. The fourth-order valence-corrected chi connectivity index (χ4v) is 2.43. The summed E-state index contributed by atoms with van der Waals surface area (Å²) in [5.74, 6) is 1.99. The Kier molecular flexibility index (Phi) is 3.99. The third kappa shape index (κ3) is 2.64. The summed E-state index contributed by atoms with van der Waals surface area (Å²) in [6.45, 7) is 6.43. The molecule has 0 saturated carbocycles. The third-order valence-electron chi connectivity index (χ3n) is 3.49. The number of hydrogen-bond acceptors (Lipinski definition) is 2. The molecule has 0 bridgehead atoms. The molecule has 1 aliphatic rings. The summed E-state index contributed by atoms with van der Waals surface area (Å²) >= 11 is 0. The molecule has 16 heavy (non-hydrogen) atoms.